The third-order valence-electron chi connectivity index (χ3n) is 4.00. The quantitative estimate of drug-likeness (QED) is 0.643. The van der Waals surface area contributed by atoms with Crippen LogP contribution in [0.1, 0.15) is 27.6 Å². The summed E-state index contributed by atoms with van der Waals surface area (Å²) in [6.07, 6.45) is -0.313. The maximum Gasteiger partial charge on any atom is 0.340 e. The average Bonchev–Trinajstić information content (AvgIpc) is 2.94. The number of carbonyl (C=O) groups excluding carboxylic acids is 1. The van der Waals surface area contributed by atoms with Crippen LogP contribution in [0.3, 0.4) is 0 Å². The minimum Gasteiger partial charge on any atom is -0.449 e. The van der Waals surface area contributed by atoms with Gasteiger partial charge in [-0.25, -0.2) is 4.79 Å². The smallest absolute Gasteiger partial charge is 0.340 e. The SMILES string of the molecule is O=C1OC(c2ccccc2)c2cccc(-c3ccccc3)c21. The molecule has 0 N–H and O–H groups in total. The molecule has 1 aliphatic rings. The maximum absolute atomic E-state index is 12.4. The van der Waals surface area contributed by atoms with E-state index in [9.17, 15) is 4.79 Å². The lowest BCUT2D eigenvalue weighted by Crippen LogP contribution is -2.00. The van der Waals surface area contributed by atoms with Crippen molar-refractivity contribution in [1.29, 1.82) is 0 Å². The minimum absolute atomic E-state index is 0.247. The molecule has 0 amide bonds. The van der Waals surface area contributed by atoms with Crippen LogP contribution in [-0.4, -0.2) is 5.97 Å². The monoisotopic (exact) mass is 286 g/mol. The van der Waals surface area contributed by atoms with Gasteiger partial charge in [-0.2, -0.15) is 0 Å². The molecule has 3 aromatic carbocycles. The molecule has 0 aliphatic carbocycles. The van der Waals surface area contributed by atoms with Crippen LogP contribution in [0.25, 0.3) is 11.1 Å². The molecule has 2 heteroatoms. The maximum atomic E-state index is 12.4. The number of benzene rings is 3. The van der Waals surface area contributed by atoms with Crippen LogP contribution in [-0.2, 0) is 4.74 Å². The second kappa shape index (κ2) is 5.15. The predicted molar refractivity (Wildman–Crippen MR) is 85.6 cm³/mol. The molecule has 22 heavy (non-hydrogen) atoms. The lowest BCUT2D eigenvalue weighted by molar-refractivity contribution is 0.0456. The summed E-state index contributed by atoms with van der Waals surface area (Å²) in [5, 5.41) is 0. The number of ether oxygens (including phenoxy) is 1. The van der Waals surface area contributed by atoms with E-state index < -0.39 is 0 Å². The summed E-state index contributed by atoms with van der Waals surface area (Å²) in [6, 6.07) is 25.7. The Balaban J connectivity index is 1.88. The lowest BCUT2D eigenvalue weighted by Gasteiger charge is -2.11. The normalized spacial score (nSPS) is 16.2. The molecule has 4 rings (SSSR count). The van der Waals surface area contributed by atoms with Gasteiger partial charge in [-0.3, -0.25) is 0 Å². The van der Waals surface area contributed by atoms with E-state index in [4.69, 9.17) is 4.74 Å². The second-order valence-electron chi connectivity index (χ2n) is 5.33. The highest BCUT2D eigenvalue weighted by Gasteiger charge is 2.34. The van der Waals surface area contributed by atoms with Crippen molar-refractivity contribution in [3.8, 4) is 11.1 Å². The molecular formula is C20H14O2. The van der Waals surface area contributed by atoms with Crippen LogP contribution in [0.15, 0.2) is 78.9 Å². The first-order valence-corrected chi connectivity index (χ1v) is 7.29. The van der Waals surface area contributed by atoms with Crippen molar-refractivity contribution in [3.63, 3.8) is 0 Å². The van der Waals surface area contributed by atoms with Crippen molar-refractivity contribution in [1.82, 2.24) is 0 Å². The van der Waals surface area contributed by atoms with Gasteiger partial charge in [-0.15, -0.1) is 0 Å². The summed E-state index contributed by atoms with van der Waals surface area (Å²) in [5.74, 6) is -0.247. The van der Waals surface area contributed by atoms with E-state index in [1.165, 1.54) is 0 Å². The van der Waals surface area contributed by atoms with Crippen LogP contribution in [0.2, 0.25) is 0 Å². The Hall–Kier alpha value is -2.87. The van der Waals surface area contributed by atoms with Crippen molar-refractivity contribution < 1.29 is 9.53 Å². The van der Waals surface area contributed by atoms with E-state index >= 15 is 0 Å². The number of rotatable bonds is 2. The third-order valence-corrected chi connectivity index (χ3v) is 4.00. The highest BCUT2D eigenvalue weighted by molar-refractivity contribution is 6.01. The van der Waals surface area contributed by atoms with Gasteiger partial charge in [-0.1, -0.05) is 78.9 Å². The third kappa shape index (κ3) is 2.01. The number of hydrogen-bond donors (Lipinski definition) is 0. The number of fused-ring (bicyclic) bond motifs is 1. The molecule has 1 aliphatic heterocycles. The first-order valence-electron chi connectivity index (χ1n) is 7.29. The van der Waals surface area contributed by atoms with Crippen LogP contribution >= 0.6 is 0 Å². The van der Waals surface area contributed by atoms with Crippen LogP contribution in [0.5, 0.6) is 0 Å². The van der Waals surface area contributed by atoms with Crippen molar-refractivity contribution >= 4 is 5.97 Å². The van der Waals surface area contributed by atoms with E-state index in [-0.39, 0.29) is 12.1 Å². The van der Waals surface area contributed by atoms with Gasteiger partial charge in [0.15, 0.2) is 6.10 Å². The average molecular weight is 286 g/mol. The van der Waals surface area contributed by atoms with Crippen LogP contribution in [0.4, 0.5) is 0 Å². The topological polar surface area (TPSA) is 26.3 Å². The summed E-state index contributed by atoms with van der Waals surface area (Å²) in [5.41, 5.74) is 4.59. The van der Waals surface area contributed by atoms with Crippen molar-refractivity contribution in [2.75, 3.05) is 0 Å². The molecule has 2 nitrogen and oxygen atoms in total. The fourth-order valence-electron chi connectivity index (χ4n) is 2.98. The van der Waals surface area contributed by atoms with Gasteiger partial charge >= 0.3 is 5.97 Å². The number of carbonyl (C=O) groups is 1. The molecule has 3 aromatic rings. The van der Waals surface area contributed by atoms with Crippen molar-refractivity contribution in [2.45, 2.75) is 6.10 Å². The van der Waals surface area contributed by atoms with Gasteiger partial charge in [0, 0.05) is 5.56 Å². The van der Waals surface area contributed by atoms with Crippen LogP contribution in [0, 0.1) is 0 Å². The Labute approximate surface area is 129 Å². The summed E-state index contributed by atoms with van der Waals surface area (Å²) >= 11 is 0. The van der Waals surface area contributed by atoms with E-state index in [0.717, 1.165) is 22.3 Å². The van der Waals surface area contributed by atoms with Gasteiger partial charge in [0.1, 0.15) is 0 Å². The molecule has 106 valence electrons. The molecule has 0 saturated carbocycles. The highest BCUT2D eigenvalue weighted by Crippen LogP contribution is 2.40. The predicted octanol–water partition coefficient (Wildman–Crippen LogP) is 4.61. The highest BCUT2D eigenvalue weighted by atomic mass is 16.5. The fourth-order valence-corrected chi connectivity index (χ4v) is 2.98. The Bertz CT molecular complexity index is 823. The lowest BCUT2D eigenvalue weighted by atomic mass is 9.93. The van der Waals surface area contributed by atoms with E-state index in [2.05, 4.69) is 0 Å². The molecule has 1 heterocycles. The molecule has 1 atom stereocenters. The van der Waals surface area contributed by atoms with Gasteiger partial charge in [0.05, 0.1) is 5.56 Å². The van der Waals surface area contributed by atoms with E-state index in [1.54, 1.807) is 0 Å². The molecule has 0 radical (unpaired) electrons. The van der Waals surface area contributed by atoms with Gasteiger partial charge < -0.3 is 4.74 Å². The molecule has 0 fully saturated rings. The van der Waals surface area contributed by atoms with Crippen molar-refractivity contribution in [3.05, 3.63) is 95.6 Å². The van der Waals surface area contributed by atoms with Crippen LogP contribution < -0.4 is 0 Å². The molecule has 0 saturated heterocycles. The van der Waals surface area contributed by atoms with E-state index in [0.29, 0.717) is 5.56 Å². The summed E-state index contributed by atoms with van der Waals surface area (Å²) in [7, 11) is 0. The zero-order valence-electron chi connectivity index (χ0n) is 11.9. The van der Waals surface area contributed by atoms with E-state index in [1.807, 2.05) is 78.9 Å². The first kappa shape index (κ1) is 12.8. The number of cyclic esters (lactones) is 1. The van der Waals surface area contributed by atoms with Gasteiger partial charge in [0.25, 0.3) is 0 Å². The minimum atomic E-state index is -0.313. The second-order valence-corrected chi connectivity index (χ2v) is 5.33. The molecule has 0 spiro atoms. The van der Waals surface area contributed by atoms with Crippen molar-refractivity contribution in [2.24, 2.45) is 0 Å². The molecular weight excluding hydrogens is 272 g/mol. The summed E-state index contributed by atoms with van der Waals surface area (Å²) in [4.78, 5) is 12.4. The number of hydrogen-bond acceptors (Lipinski definition) is 2. The van der Waals surface area contributed by atoms with Gasteiger partial charge in [-0.05, 0) is 16.7 Å². The Morgan fingerprint density at radius 2 is 1.41 bits per heavy atom. The summed E-state index contributed by atoms with van der Waals surface area (Å²) < 4.78 is 5.64. The zero-order valence-corrected chi connectivity index (χ0v) is 11.9. The number of esters is 1. The Morgan fingerprint density at radius 3 is 2.14 bits per heavy atom. The molecule has 0 aromatic heterocycles. The largest absolute Gasteiger partial charge is 0.449 e. The fraction of sp³-hybridized carbons (Fsp3) is 0.0500. The van der Waals surface area contributed by atoms with Gasteiger partial charge in [0.2, 0.25) is 0 Å². The zero-order chi connectivity index (χ0) is 14.9. The Kier molecular flexibility index (Phi) is 3.01. The standard InChI is InChI=1S/C20H14O2/c21-20-18-16(14-8-3-1-4-9-14)12-7-13-17(18)19(22-20)15-10-5-2-6-11-15/h1-13,19H. The molecule has 0 bridgehead atoms. The molecule has 1 unspecified atom stereocenters. The Morgan fingerprint density at radius 1 is 0.727 bits per heavy atom. The summed E-state index contributed by atoms with van der Waals surface area (Å²) in [6.45, 7) is 0. The first-order chi connectivity index (χ1) is 10.8.